The van der Waals surface area contributed by atoms with E-state index in [4.69, 9.17) is 11.6 Å². The smallest absolute Gasteiger partial charge is 0.303 e. The van der Waals surface area contributed by atoms with Gasteiger partial charge in [0.2, 0.25) is 23.6 Å². The molecule has 3 atom stereocenters. The Morgan fingerprint density at radius 2 is 1.57 bits per heavy atom. The number of thiol groups is 1. The molecule has 0 unspecified atom stereocenters. The summed E-state index contributed by atoms with van der Waals surface area (Å²) >= 11 is 10.4. The molecule has 1 fully saturated rings. The third-order valence-corrected chi connectivity index (χ3v) is 8.04. The van der Waals surface area contributed by atoms with Crippen LogP contribution in [0, 0.1) is 11.8 Å². The first-order chi connectivity index (χ1) is 20.0. The molecule has 0 aliphatic heterocycles. The lowest BCUT2D eigenvalue weighted by atomic mass is 9.87. The molecule has 0 spiro atoms. The fourth-order valence-corrected chi connectivity index (χ4v) is 5.52. The highest BCUT2D eigenvalue weighted by Crippen LogP contribution is 2.26. The lowest BCUT2D eigenvalue weighted by Gasteiger charge is -2.26. The SMILES string of the molecule is CC(C)C[C@H](NC(=O)[C@H](CCC(=O)O)NC(=O)CC1CCCCC1)C(=O)N[C@@H](CS)C(=O)NCCc1ccccc1Cl. The van der Waals surface area contributed by atoms with E-state index >= 15 is 0 Å². The molecular weight excluding hydrogens is 580 g/mol. The monoisotopic (exact) mass is 624 g/mol. The molecule has 2 rings (SSSR count). The van der Waals surface area contributed by atoms with Crippen molar-refractivity contribution < 1.29 is 29.1 Å². The first kappa shape index (κ1) is 35.4. The normalized spacial score (nSPS) is 15.7. The van der Waals surface area contributed by atoms with E-state index in [2.05, 4.69) is 33.9 Å². The van der Waals surface area contributed by atoms with Crippen LogP contribution < -0.4 is 21.3 Å². The summed E-state index contributed by atoms with van der Waals surface area (Å²) in [4.78, 5) is 63.3. The van der Waals surface area contributed by atoms with Crippen LogP contribution in [0.4, 0.5) is 0 Å². The quantitative estimate of drug-likeness (QED) is 0.146. The zero-order valence-corrected chi connectivity index (χ0v) is 26.1. The molecule has 12 heteroatoms. The molecule has 234 valence electrons. The Morgan fingerprint density at radius 1 is 0.929 bits per heavy atom. The van der Waals surface area contributed by atoms with Gasteiger partial charge in [0.05, 0.1) is 0 Å². The highest BCUT2D eigenvalue weighted by molar-refractivity contribution is 7.80. The fourth-order valence-electron chi connectivity index (χ4n) is 5.03. The van der Waals surface area contributed by atoms with Crippen molar-refractivity contribution in [2.75, 3.05) is 12.3 Å². The second-order valence-corrected chi connectivity index (χ2v) is 12.1. The van der Waals surface area contributed by atoms with Crippen molar-refractivity contribution in [2.24, 2.45) is 11.8 Å². The summed E-state index contributed by atoms with van der Waals surface area (Å²) in [6.45, 7) is 4.08. The van der Waals surface area contributed by atoms with Crippen LogP contribution in [0.25, 0.3) is 0 Å². The summed E-state index contributed by atoms with van der Waals surface area (Å²) in [5, 5.41) is 20.6. The molecule has 0 saturated heterocycles. The van der Waals surface area contributed by atoms with Crippen LogP contribution in [0.2, 0.25) is 5.02 Å². The highest BCUT2D eigenvalue weighted by Gasteiger charge is 2.30. The number of aliphatic carboxylic acids is 1. The minimum absolute atomic E-state index is 0.0123. The zero-order chi connectivity index (χ0) is 31.1. The third kappa shape index (κ3) is 13.0. The number of nitrogens with one attached hydrogen (secondary N) is 4. The average Bonchev–Trinajstić information content (AvgIpc) is 2.94. The van der Waals surface area contributed by atoms with Crippen LogP contribution in [0.3, 0.4) is 0 Å². The molecule has 0 aromatic heterocycles. The van der Waals surface area contributed by atoms with E-state index in [-0.39, 0.29) is 49.2 Å². The van der Waals surface area contributed by atoms with Crippen LogP contribution in [0.1, 0.15) is 77.2 Å². The number of carboxylic acids is 1. The molecule has 0 radical (unpaired) electrons. The van der Waals surface area contributed by atoms with Crippen molar-refractivity contribution in [3.05, 3.63) is 34.9 Å². The Balaban J connectivity index is 2.01. The molecule has 1 saturated carbocycles. The predicted molar refractivity (Wildman–Crippen MR) is 165 cm³/mol. The molecular formula is C30H45ClN4O6S. The highest BCUT2D eigenvalue weighted by atomic mass is 35.5. The van der Waals surface area contributed by atoms with E-state index in [1.165, 1.54) is 0 Å². The van der Waals surface area contributed by atoms with Gasteiger partial charge in [-0.05, 0) is 55.6 Å². The summed E-state index contributed by atoms with van der Waals surface area (Å²) in [6.07, 6.45) is 5.83. The van der Waals surface area contributed by atoms with E-state index in [1.807, 2.05) is 32.0 Å². The molecule has 1 aromatic carbocycles. The summed E-state index contributed by atoms with van der Waals surface area (Å²) in [5.74, 6) is -2.74. The molecule has 5 N–H and O–H groups in total. The van der Waals surface area contributed by atoms with E-state index in [0.717, 1.165) is 37.7 Å². The average molecular weight is 625 g/mol. The van der Waals surface area contributed by atoms with Gasteiger partial charge in [0, 0.05) is 30.2 Å². The minimum Gasteiger partial charge on any atom is -0.481 e. The number of rotatable bonds is 17. The van der Waals surface area contributed by atoms with Gasteiger partial charge in [0.15, 0.2) is 0 Å². The Kier molecular flexibility index (Phi) is 15.8. The standard InChI is InChI=1S/C30H45ClN4O6S/c1-19(2)16-24(30(41)35-25(18-42)28(39)32-15-14-21-10-6-7-11-22(21)31)34-29(40)23(12-13-27(37)38)33-26(36)17-20-8-4-3-5-9-20/h6-7,10-11,19-20,23-25,42H,3-5,8-9,12-18H2,1-2H3,(H,32,39)(H,33,36)(H,34,40)(H,35,41)(H,37,38)/t23-,24-,25-/m0/s1. The number of carbonyl (C=O) groups is 5. The Morgan fingerprint density at radius 3 is 2.19 bits per heavy atom. The van der Waals surface area contributed by atoms with Gasteiger partial charge >= 0.3 is 5.97 Å². The number of hydrogen-bond acceptors (Lipinski definition) is 6. The van der Waals surface area contributed by atoms with Crippen molar-refractivity contribution >= 4 is 53.8 Å². The molecule has 1 aromatic rings. The van der Waals surface area contributed by atoms with Gasteiger partial charge in [-0.3, -0.25) is 24.0 Å². The number of hydrogen-bond donors (Lipinski definition) is 6. The maximum Gasteiger partial charge on any atom is 0.303 e. The zero-order valence-electron chi connectivity index (χ0n) is 24.5. The van der Waals surface area contributed by atoms with E-state index in [0.29, 0.717) is 18.0 Å². The number of carboxylic acid groups (broad SMARTS) is 1. The van der Waals surface area contributed by atoms with Gasteiger partial charge in [0.1, 0.15) is 18.1 Å². The number of halogens is 1. The second kappa shape index (κ2) is 18.7. The Labute approximate surface area is 258 Å². The van der Waals surface area contributed by atoms with Crippen LogP contribution in [0.15, 0.2) is 24.3 Å². The maximum atomic E-state index is 13.3. The molecule has 10 nitrogen and oxygen atoms in total. The Bertz CT molecular complexity index is 1070. The van der Waals surface area contributed by atoms with Crippen molar-refractivity contribution in [3.8, 4) is 0 Å². The van der Waals surface area contributed by atoms with Crippen LogP contribution >= 0.6 is 24.2 Å². The van der Waals surface area contributed by atoms with Crippen LogP contribution in [-0.4, -0.2) is 65.1 Å². The van der Waals surface area contributed by atoms with Crippen molar-refractivity contribution in [2.45, 2.75) is 96.2 Å². The van der Waals surface area contributed by atoms with Gasteiger partial charge in [-0.2, -0.15) is 12.6 Å². The second-order valence-electron chi connectivity index (χ2n) is 11.3. The summed E-state index contributed by atoms with van der Waals surface area (Å²) in [6, 6.07) is 4.27. The van der Waals surface area contributed by atoms with Crippen molar-refractivity contribution in [1.29, 1.82) is 0 Å². The molecule has 1 aliphatic rings. The topological polar surface area (TPSA) is 154 Å². The van der Waals surface area contributed by atoms with Gasteiger partial charge < -0.3 is 26.4 Å². The van der Waals surface area contributed by atoms with Gasteiger partial charge in [0.25, 0.3) is 0 Å². The van der Waals surface area contributed by atoms with Crippen LogP contribution in [0.5, 0.6) is 0 Å². The lowest BCUT2D eigenvalue weighted by Crippen LogP contribution is -2.57. The maximum absolute atomic E-state index is 13.3. The van der Waals surface area contributed by atoms with Gasteiger partial charge in [-0.1, -0.05) is 62.9 Å². The van der Waals surface area contributed by atoms with Crippen molar-refractivity contribution in [1.82, 2.24) is 21.3 Å². The number of carbonyl (C=O) groups excluding carboxylic acids is 4. The number of amides is 4. The number of benzene rings is 1. The van der Waals surface area contributed by atoms with Crippen LogP contribution in [-0.2, 0) is 30.4 Å². The lowest BCUT2D eigenvalue weighted by molar-refractivity contribution is -0.138. The predicted octanol–water partition coefficient (Wildman–Crippen LogP) is 3.26. The van der Waals surface area contributed by atoms with Gasteiger partial charge in [-0.15, -0.1) is 0 Å². The third-order valence-electron chi connectivity index (χ3n) is 7.30. The van der Waals surface area contributed by atoms with E-state index in [1.54, 1.807) is 6.07 Å². The molecule has 42 heavy (non-hydrogen) atoms. The van der Waals surface area contributed by atoms with E-state index < -0.39 is 41.8 Å². The molecule has 0 heterocycles. The first-order valence-corrected chi connectivity index (χ1v) is 15.7. The Hall–Kier alpha value is -2.79. The molecule has 0 bridgehead atoms. The minimum atomic E-state index is -1.10. The van der Waals surface area contributed by atoms with E-state index in [9.17, 15) is 29.1 Å². The molecule has 1 aliphatic carbocycles. The van der Waals surface area contributed by atoms with Gasteiger partial charge in [-0.25, -0.2) is 0 Å². The van der Waals surface area contributed by atoms with Crippen molar-refractivity contribution in [3.63, 3.8) is 0 Å². The summed E-state index contributed by atoms with van der Waals surface area (Å²) < 4.78 is 0. The summed E-state index contributed by atoms with van der Waals surface area (Å²) in [5.41, 5.74) is 0.883. The fraction of sp³-hybridized carbons (Fsp3) is 0.633. The summed E-state index contributed by atoms with van der Waals surface area (Å²) in [7, 11) is 0. The first-order valence-electron chi connectivity index (χ1n) is 14.7. The molecule has 4 amide bonds. The largest absolute Gasteiger partial charge is 0.481 e.